The summed E-state index contributed by atoms with van der Waals surface area (Å²) in [4.78, 5) is 21.7. The zero-order chi connectivity index (χ0) is 21.6. The summed E-state index contributed by atoms with van der Waals surface area (Å²) in [6.45, 7) is 1.79. The van der Waals surface area contributed by atoms with Gasteiger partial charge in [0.1, 0.15) is 5.52 Å². The Hall–Kier alpha value is -2.83. The van der Waals surface area contributed by atoms with Crippen molar-refractivity contribution < 1.29 is 13.2 Å². The lowest BCUT2D eigenvalue weighted by atomic mass is 10.1. The van der Waals surface area contributed by atoms with Gasteiger partial charge < -0.3 is 9.72 Å². The van der Waals surface area contributed by atoms with Crippen LogP contribution in [0.25, 0.3) is 16.6 Å². The van der Waals surface area contributed by atoms with E-state index >= 15 is 0 Å². The molecule has 0 radical (unpaired) electrons. The Morgan fingerprint density at radius 2 is 1.97 bits per heavy atom. The molecule has 4 rings (SSSR count). The molecule has 10 nitrogen and oxygen atoms in total. The predicted octanol–water partition coefficient (Wildman–Crippen LogP) is 1.99. The SMILES string of the molecule is Cc1cn2cc(NC(=O)c3ccc(Br)c4cn(C)nc34)nc2c(CNS(C)(=O)=O)n1. The number of benzene rings is 1. The summed E-state index contributed by atoms with van der Waals surface area (Å²) >= 11 is 3.47. The lowest BCUT2D eigenvalue weighted by Gasteiger charge is -2.05. The third-order valence-electron chi connectivity index (χ3n) is 4.35. The number of amides is 1. The summed E-state index contributed by atoms with van der Waals surface area (Å²) in [5, 5.41) is 7.99. The molecular formula is C18H18BrN7O3S. The second-order valence-electron chi connectivity index (χ2n) is 6.89. The minimum Gasteiger partial charge on any atom is -0.305 e. The quantitative estimate of drug-likeness (QED) is 0.439. The molecule has 0 saturated carbocycles. The van der Waals surface area contributed by atoms with Crippen molar-refractivity contribution in [2.45, 2.75) is 13.5 Å². The molecule has 4 aromatic rings. The third-order valence-corrected chi connectivity index (χ3v) is 5.71. The van der Waals surface area contributed by atoms with Gasteiger partial charge in [-0.1, -0.05) is 15.9 Å². The van der Waals surface area contributed by atoms with E-state index in [1.165, 1.54) is 0 Å². The van der Waals surface area contributed by atoms with Crippen molar-refractivity contribution >= 4 is 54.2 Å². The van der Waals surface area contributed by atoms with Crippen molar-refractivity contribution in [3.8, 4) is 0 Å². The van der Waals surface area contributed by atoms with Crippen molar-refractivity contribution in [1.82, 2.24) is 28.9 Å². The number of aryl methyl sites for hydroxylation is 2. The summed E-state index contributed by atoms with van der Waals surface area (Å²) in [6, 6.07) is 3.49. The number of sulfonamides is 1. The number of hydrogen-bond donors (Lipinski definition) is 2. The maximum Gasteiger partial charge on any atom is 0.259 e. The van der Waals surface area contributed by atoms with E-state index in [1.807, 2.05) is 6.20 Å². The molecule has 3 heterocycles. The van der Waals surface area contributed by atoms with E-state index < -0.39 is 10.0 Å². The number of hydrogen-bond acceptors (Lipinski definition) is 6. The van der Waals surface area contributed by atoms with Crippen molar-refractivity contribution in [3.63, 3.8) is 0 Å². The highest BCUT2D eigenvalue weighted by Crippen LogP contribution is 2.26. The highest BCUT2D eigenvalue weighted by atomic mass is 79.9. The van der Waals surface area contributed by atoms with Crippen molar-refractivity contribution in [1.29, 1.82) is 0 Å². The molecular weight excluding hydrogens is 474 g/mol. The van der Waals surface area contributed by atoms with E-state index in [0.717, 1.165) is 16.1 Å². The molecule has 0 unspecified atom stereocenters. The van der Waals surface area contributed by atoms with E-state index in [2.05, 4.69) is 41.0 Å². The average molecular weight is 492 g/mol. The molecule has 0 aliphatic carbocycles. The van der Waals surface area contributed by atoms with Crippen molar-refractivity contribution in [2.75, 3.05) is 11.6 Å². The predicted molar refractivity (Wildman–Crippen MR) is 116 cm³/mol. The monoisotopic (exact) mass is 491 g/mol. The summed E-state index contributed by atoms with van der Waals surface area (Å²) in [7, 11) is -1.59. The first-order valence-corrected chi connectivity index (χ1v) is 11.5. The minimum absolute atomic E-state index is 0.00428. The Bertz CT molecular complexity index is 1410. The zero-order valence-electron chi connectivity index (χ0n) is 16.3. The van der Waals surface area contributed by atoms with Crippen LogP contribution >= 0.6 is 15.9 Å². The van der Waals surface area contributed by atoms with Crippen LogP contribution < -0.4 is 10.0 Å². The van der Waals surface area contributed by atoms with E-state index in [4.69, 9.17) is 0 Å². The van der Waals surface area contributed by atoms with Gasteiger partial charge in [-0.05, 0) is 19.1 Å². The Morgan fingerprint density at radius 3 is 2.70 bits per heavy atom. The van der Waals surface area contributed by atoms with E-state index in [-0.39, 0.29) is 12.5 Å². The van der Waals surface area contributed by atoms with Gasteiger partial charge in [0.15, 0.2) is 11.5 Å². The van der Waals surface area contributed by atoms with E-state index in [1.54, 1.807) is 47.6 Å². The Balaban J connectivity index is 1.68. The van der Waals surface area contributed by atoms with Gasteiger partial charge in [0.25, 0.3) is 5.91 Å². The number of halogens is 1. The Kier molecular flexibility index (Phi) is 5.08. The molecule has 0 aliphatic heterocycles. The molecule has 12 heteroatoms. The Labute approximate surface area is 180 Å². The number of carbonyl (C=O) groups is 1. The molecule has 0 atom stereocenters. The highest BCUT2D eigenvalue weighted by molar-refractivity contribution is 9.10. The first kappa shape index (κ1) is 20.4. The molecule has 0 bridgehead atoms. The standard InChI is InChI=1S/C18H18BrN7O3S/c1-10-7-26-9-15(22-17(26)14(21-10)6-20-30(3,28)29)23-18(27)11-4-5-13(19)12-8-25(2)24-16(11)12/h4-5,7-9,20H,6H2,1-3H3,(H,23,27). The fourth-order valence-corrected chi connectivity index (χ4v) is 3.95. The van der Waals surface area contributed by atoms with Gasteiger partial charge in [0.05, 0.1) is 35.9 Å². The molecule has 3 aromatic heterocycles. The average Bonchev–Trinajstić information content (AvgIpc) is 3.22. The number of carbonyl (C=O) groups excluding carboxylic acids is 1. The first-order chi connectivity index (χ1) is 14.1. The van der Waals surface area contributed by atoms with Crippen LogP contribution in [0.1, 0.15) is 21.7 Å². The maximum atomic E-state index is 12.9. The number of imidazole rings is 1. The molecule has 1 aromatic carbocycles. The topological polar surface area (TPSA) is 123 Å². The molecule has 30 heavy (non-hydrogen) atoms. The summed E-state index contributed by atoms with van der Waals surface area (Å²) in [6.07, 6.45) is 6.31. The normalized spacial score (nSPS) is 12.0. The fraction of sp³-hybridized carbons (Fsp3) is 0.222. The van der Waals surface area contributed by atoms with Crippen LogP contribution in [-0.4, -0.2) is 44.7 Å². The van der Waals surface area contributed by atoms with Crippen LogP contribution in [0.3, 0.4) is 0 Å². The van der Waals surface area contributed by atoms with E-state index in [0.29, 0.717) is 33.9 Å². The van der Waals surface area contributed by atoms with Gasteiger partial charge in [-0.2, -0.15) is 5.10 Å². The van der Waals surface area contributed by atoms with Gasteiger partial charge in [-0.3, -0.25) is 14.5 Å². The van der Waals surface area contributed by atoms with Crippen LogP contribution in [0.15, 0.2) is 35.2 Å². The van der Waals surface area contributed by atoms with Gasteiger partial charge >= 0.3 is 0 Å². The van der Waals surface area contributed by atoms with Crippen molar-refractivity contribution in [3.05, 3.63) is 52.1 Å². The largest absolute Gasteiger partial charge is 0.305 e. The van der Waals surface area contributed by atoms with Gasteiger partial charge in [-0.15, -0.1) is 0 Å². The van der Waals surface area contributed by atoms with Crippen LogP contribution in [0.2, 0.25) is 0 Å². The number of nitrogens with one attached hydrogen (secondary N) is 2. The molecule has 1 amide bonds. The van der Waals surface area contributed by atoms with Gasteiger partial charge in [0, 0.05) is 29.3 Å². The highest BCUT2D eigenvalue weighted by Gasteiger charge is 2.17. The second kappa shape index (κ2) is 7.45. The molecule has 2 N–H and O–H groups in total. The molecule has 0 fully saturated rings. The van der Waals surface area contributed by atoms with Crippen LogP contribution in [-0.2, 0) is 23.6 Å². The van der Waals surface area contributed by atoms with Gasteiger partial charge in [0.2, 0.25) is 10.0 Å². The van der Waals surface area contributed by atoms with Crippen LogP contribution in [0, 0.1) is 6.92 Å². The summed E-state index contributed by atoms with van der Waals surface area (Å²) in [5.74, 6) is -0.0323. The molecule has 0 spiro atoms. The summed E-state index contributed by atoms with van der Waals surface area (Å²) in [5.41, 5.74) is 2.58. The number of aromatic nitrogens is 5. The fourth-order valence-electron chi connectivity index (χ4n) is 3.13. The summed E-state index contributed by atoms with van der Waals surface area (Å²) < 4.78 is 29.5. The zero-order valence-corrected chi connectivity index (χ0v) is 18.7. The number of fused-ring (bicyclic) bond motifs is 2. The molecule has 0 aliphatic rings. The molecule has 0 saturated heterocycles. The lowest BCUT2D eigenvalue weighted by molar-refractivity contribution is 0.102. The lowest BCUT2D eigenvalue weighted by Crippen LogP contribution is -2.22. The first-order valence-electron chi connectivity index (χ1n) is 8.84. The van der Waals surface area contributed by atoms with Crippen molar-refractivity contribution in [2.24, 2.45) is 7.05 Å². The Morgan fingerprint density at radius 1 is 1.20 bits per heavy atom. The minimum atomic E-state index is -3.38. The number of rotatable bonds is 5. The van der Waals surface area contributed by atoms with E-state index in [9.17, 15) is 13.2 Å². The second-order valence-corrected chi connectivity index (χ2v) is 9.58. The smallest absolute Gasteiger partial charge is 0.259 e. The van der Waals surface area contributed by atoms with Crippen LogP contribution in [0.4, 0.5) is 5.82 Å². The molecule has 156 valence electrons. The van der Waals surface area contributed by atoms with Gasteiger partial charge in [-0.25, -0.2) is 18.1 Å². The van der Waals surface area contributed by atoms with Crippen LogP contribution in [0.5, 0.6) is 0 Å². The number of anilines is 1. The number of nitrogens with zero attached hydrogens (tertiary/aromatic N) is 5. The third kappa shape index (κ3) is 4.06. The maximum absolute atomic E-state index is 12.9.